The van der Waals surface area contributed by atoms with Crippen LogP contribution in [-0.4, -0.2) is 48.4 Å². The van der Waals surface area contributed by atoms with Crippen molar-refractivity contribution in [1.82, 2.24) is 9.88 Å². The van der Waals surface area contributed by atoms with Crippen molar-refractivity contribution in [3.05, 3.63) is 29.6 Å². The fraction of sp³-hybridized carbons (Fsp3) is 0.562. The number of aromatic nitrogens is 1. The molecule has 1 aromatic rings. The van der Waals surface area contributed by atoms with Crippen molar-refractivity contribution in [3.63, 3.8) is 0 Å². The third-order valence-electron chi connectivity index (χ3n) is 4.01. The number of ether oxygens (including phenoxy) is 1. The minimum atomic E-state index is -1.41. The van der Waals surface area contributed by atoms with Crippen molar-refractivity contribution in [1.29, 1.82) is 0 Å². The number of alkyl halides is 1. The molecule has 22 heavy (non-hydrogen) atoms. The zero-order valence-corrected chi connectivity index (χ0v) is 12.8. The Morgan fingerprint density at radius 1 is 1.45 bits per heavy atom. The number of carbonyl (C=O) groups excluding carboxylic acids is 2. The SMILES string of the molecule is CCOC(=O)CCN1CCC(F)(c2ccc(C=O)nc2)CC1. The van der Waals surface area contributed by atoms with Gasteiger partial charge in [0.1, 0.15) is 11.4 Å². The van der Waals surface area contributed by atoms with Crippen LogP contribution in [0.25, 0.3) is 0 Å². The molecule has 0 atom stereocenters. The quantitative estimate of drug-likeness (QED) is 0.595. The Morgan fingerprint density at radius 2 is 2.18 bits per heavy atom. The summed E-state index contributed by atoms with van der Waals surface area (Å²) in [5, 5.41) is 0. The van der Waals surface area contributed by atoms with Gasteiger partial charge in [-0.15, -0.1) is 0 Å². The number of carbonyl (C=O) groups is 2. The van der Waals surface area contributed by atoms with E-state index in [-0.39, 0.29) is 5.97 Å². The van der Waals surface area contributed by atoms with E-state index in [0.29, 0.717) is 63.0 Å². The lowest BCUT2D eigenvalue weighted by atomic mass is 9.87. The van der Waals surface area contributed by atoms with Crippen LogP contribution in [0.1, 0.15) is 42.2 Å². The molecule has 1 saturated heterocycles. The summed E-state index contributed by atoms with van der Waals surface area (Å²) in [7, 11) is 0. The fourth-order valence-corrected chi connectivity index (χ4v) is 2.64. The van der Waals surface area contributed by atoms with Gasteiger partial charge in [0.25, 0.3) is 0 Å². The fourth-order valence-electron chi connectivity index (χ4n) is 2.64. The van der Waals surface area contributed by atoms with Crippen LogP contribution in [0.2, 0.25) is 0 Å². The summed E-state index contributed by atoms with van der Waals surface area (Å²) in [5.41, 5.74) is -0.586. The number of pyridine rings is 1. The zero-order valence-electron chi connectivity index (χ0n) is 12.8. The van der Waals surface area contributed by atoms with Gasteiger partial charge in [-0.3, -0.25) is 14.6 Å². The summed E-state index contributed by atoms with van der Waals surface area (Å²) in [4.78, 5) is 27.9. The van der Waals surface area contributed by atoms with Crippen molar-refractivity contribution in [2.24, 2.45) is 0 Å². The summed E-state index contributed by atoms with van der Waals surface area (Å²) in [6.07, 6.45) is 3.14. The molecule has 0 bridgehead atoms. The number of rotatable bonds is 6. The minimum absolute atomic E-state index is 0.215. The molecule has 6 heteroatoms. The molecule has 0 aromatic carbocycles. The van der Waals surface area contributed by atoms with Crippen molar-refractivity contribution >= 4 is 12.3 Å². The van der Waals surface area contributed by atoms with Crippen molar-refractivity contribution in [2.45, 2.75) is 31.9 Å². The molecule has 2 rings (SSSR count). The molecule has 1 fully saturated rings. The van der Waals surface area contributed by atoms with E-state index >= 15 is 0 Å². The summed E-state index contributed by atoms with van der Waals surface area (Å²) in [6, 6.07) is 3.17. The third kappa shape index (κ3) is 4.10. The molecular formula is C16H21FN2O3. The van der Waals surface area contributed by atoms with Gasteiger partial charge < -0.3 is 9.64 Å². The van der Waals surface area contributed by atoms with E-state index in [1.807, 2.05) is 0 Å². The molecule has 0 N–H and O–H groups in total. The molecule has 1 aliphatic heterocycles. The normalized spacial score (nSPS) is 17.9. The van der Waals surface area contributed by atoms with Crippen molar-refractivity contribution in [3.8, 4) is 0 Å². The Labute approximate surface area is 129 Å². The van der Waals surface area contributed by atoms with Gasteiger partial charge >= 0.3 is 5.97 Å². The van der Waals surface area contributed by atoms with E-state index in [1.54, 1.807) is 13.0 Å². The second-order valence-corrected chi connectivity index (χ2v) is 5.45. The highest BCUT2D eigenvalue weighted by molar-refractivity contribution is 5.71. The lowest BCUT2D eigenvalue weighted by Crippen LogP contribution is -2.41. The Balaban J connectivity index is 1.87. The van der Waals surface area contributed by atoms with Crippen LogP contribution in [0.4, 0.5) is 4.39 Å². The first-order valence-electron chi connectivity index (χ1n) is 7.56. The molecule has 120 valence electrons. The van der Waals surface area contributed by atoms with Crippen LogP contribution in [0.15, 0.2) is 18.3 Å². The maximum Gasteiger partial charge on any atom is 0.307 e. The van der Waals surface area contributed by atoms with Gasteiger partial charge in [0.05, 0.1) is 13.0 Å². The number of hydrogen-bond acceptors (Lipinski definition) is 5. The lowest BCUT2D eigenvalue weighted by Gasteiger charge is -2.36. The maximum atomic E-state index is 15.0. The van der Waals surface area contributed by atoms with Gasteiger partial charge in [-0.2, -0.15) is 0 Å². The van der Waals surface area contributed by atoms with Gasteiger partial charge in [-0.05, 0) is 25.8 Å². The molecule has 0 spiro atoms. The second kappa shape index (κ2) is 7.45. The Kier molecular flexibility index (Phi) is 5.60. The Bertz CT molecular complexity index is 511. The number of nitrogens with zero attached hydrogens (tertiary/aromatic N) is 2. The van der Waals surface area contributed by atoms with Crippen LogP contribution in [0, 0.1) is 0 Å². The third-order valence-corrected chi connectivity index (χ3v) is 4.01. The average molecular weight is 308 g/mol. The molecule has 2 heterocycles. The standard InChI is InChI=1S/C16H21FN2O3/c1-2-22-15(21)5-8-19-9-6-16(17,7-10-19)13-3-4-14(12-20)18-11-13/h3-4,11-12H,2,5-10H2,1H3. The number of likely N-dealkylation sites (tertiary alicyclic amines) is 1. The molecule has 0 aliphatic carbocycles. The second-order valence-electron chi connectivity index (χ2n) is 5.45. The largest absolute Gasteiger partial charge is 0.466 e. The van der Waals surface area contributed by atoms with Crippen LogP contribution in [0.5, 0.6) is 0 Å². The van der Waals surface area contributed by atoms with Crippen LogP contribution in [0.3, 0.4) is 0 Å². The predicted molar refractivity (Wildman–Crippen MR) is 79.3 cm³/mol. The van der Waals surface area contributed by atoms with Crippen LogP contribution < -0.4 is 0 Å². The van der Waals surface area contributed by atoms with E-state index in [1.165, 1.54) is 12.3 Å². The molecule has 1 aliphatic rings. The molecule has 0 radical (unpaired) electrons. The number of hydrogen-bond donors (Lipinski definition) is 0. The molecular weight excluding hydrogens is 287 g/mol. The number of piperidine rings is 1. The monoisotopic (exact) mass is 308 g/mol. The zero-order chi connectivity index (χ0) is 16.0. The minimum Gasteiger partial charge on any atom is -0.466 e. The predicted octanol–water partition coefficient (Wildman–Crippen LogP) is 2.11. The Morgan fingerprint density at radius 3 is 2.73 bits per heavy atom. The van der Waals surface area contributed by atoms with Gasteiger partial charge in [-0.25, -0.2) is 4.39 Å². The van der Waals surface area contributed by atoms with E-state index in [4.69, 9.17) is 4.74 Å². The van der Waals surface area contributed by atoms with Crippen LogP contribution in [-0.2, 0) is 15.2 Å². The number of esters is 1. The van der Waals surface area contributed by atoms with Gasteiger partial charge in [0.2, 0.25) is 0 Å². The van der Waals surface area contributed by atoms with E-state index in [9.17, 15) is 14.0 Å². The van der Waals surface area contributed by atoms with Crippen LogP contribution >= 0.6 is 0 Å². The van der Waals surface area contributed by atoms with E-state index < -0.39 is 5.67 Å². The maximum absolute atomic E-state index is 15.0. The smallest absolute Gasteiger partial charge is 0.307 e. The summed E-state index contributed by atoms with van der Waals surface area (Å²) < 4.78 is 19.9. The topological polar surface area (TPSA) is 59.5 Å². The van der Waals surface area contributed by atoms with Gasteiger partial charge in [-0.1, -0.05) is 6.07 Å². The molecule has 0 unspecified atom stereocenters. The molecule has 1 aromatic heterocycles. The summed E-state index contributed by atoms with van der Waals surface area (Å²) in [6.45, 7) is 3.93. The van der Waals surface area contributed by atoms with Gasteiger partial charge in [0.15, 0.2) is 6.29 Å². The van der Waals surface area contributed by atoms with E-state index in [0.717, 1.165) is 0 Å². The number of halogens is 1. The average Bonchev–Trinajstić information content (AvgIpc) is 2.55. The molecule has 0 saturated carbocycles. The highest BCUT2D eigenvalue weighted by Crippen LogP contribution is 2.36. The molecule has 5 nitrogen and oxygen atoms in total. The van der Waals surface area contributed by atoms with Crippen molar-refractivity contribution in [2.75, 3.05) is 26.2 Å². The lowest BCUT2D eigenvalue weighted by molar-refractivity contribution is -0.143. The molecule has 0 amide bonds. The van der Waals surface area contributed by atoms with E-state index in [2.05, 4.69) is 9.88 Å². The highest BCUT2D eigenvalue weighted by Gasteiger charge is 2.36. The van der Waals surface area contributed by atoms with Gasteiger partial charge in [0, 0.05) is 31.4 Å². The highest BCUT2D eigenvalue weighted by atomic mass is 19.1. The first-order valence-corrected chi connectivity index (χ1v) is 7.56. The summed E-state index contributed by atoms with van der Waals surface area (Å²) in [5.74, 6) is -0.215. The first-order chi connectivity index (χ1) is 10.6. The summed E-state index contributed by atoms with van der Waals surface area (Å²) >= 11 is 0. The van der Waals surface area contributed by atoms with Crippen molar-refractivity contribution < 1.29 is 18.7 Å². The first kappa shape index (κ1) is 16.5. The number of aldehydes is 1. The Hall–Kier alpha value is -1.82.